The molecule has 0 amide bonds. The first kappa shape index (κ1) is 11.8. The van der Waals surface area contributed by atoms with E-state index in [1.807, 2.05) is 24.3 Å². The molecule has 1 heterocycles. The molecular weight excluding hydrogens is 253 g/mol. The molecule has 96 valence electrons. The number of benzene rings is 2. The van der Waals surface area contributed by atoms with Crippen molar-refractivity contribution in [1.82, 2.24) is 0 Å². The lowest BCUT2D eigenvalue weighted by atomic mass is 10.0. The summed E-state index contributed by atoms with van der Waals surface area (Å²) in [5.41, 5.74) is 1.52. The summed E-state index contributed by atoms with van der Waals surface area (Å²) in [5.74, 6) is 0. The minimum atomic E-state index is -4.31. The standard InChI is InChI=1S/C15H9F3O/c16-15(17,18)12-6-4-10(5-7-12)13-3-1-2-11-8-9-19-14(11)13/h1-9H. The van der Waals surface area contributed by atoms with E-state index >= 15 is 0 Å². The second kappa shape index (κ2) is 4.16. The number of hydrogen-bond donors (Lipinski definition) is 0. The maximum atomic E-state index is 12.5. The van der Waals surface area contributed by atoms with Gasteiger partial charge in [-0.25, -0.2) is 0 Å². The van der Waals surface area contributed by atoms with Crippen LogP contribution in [0.15, 0.2) is 59.2 Å². The first-order chi connectivity index (χ1) is 9.05. The van der Waals surface area contributed by atoms with Gasteiger partial charge in [-0.15, -0.1) is 0 Å². The topological polar surface area (TPSA) is 13.1 Å². The van der Waals surface area contributed by atoms with E-state index in [9.17, 15) is 13.2 Å². The minimum absolute atomic E-state index is 0.650. The van der Waals surface area contributed by atoms with Crippen LogP contribution in [0.25, 0.3) is 22.1 Å². The maximum absolute atomic E-state index is 12.5. The van der Waals surface area contributed by atoms with Gasteiger partial charge in [0.05, 0.1) is 11.8 Å². The SMILES string of the molecule is FC(F)(F)c1ccc(-c2cccc3ccoc23)cc1. The van der Waals surface area contributed by atoms with Crippen LogP contribution >= 0.6 is 0 Å². The van der Waals surface area contributed by atoms with E-state index in [1.54, 1.807) is 6.26 Å². The van der Waals surface area contributed by atoms with Crippen molar-refractivity contribution in [3.63, 3.8) is 0 Å². The second-order valence-corrected chi connectivity index (χ2v) is 4.22. The number of rotatable bonds is 1. The van der Waals surface area contributed by atoms with Crippen LogP contribution < -0.4 is 0 Å². The van der Waals surface area contributed by atoms with Crippen molar-refractivity contribution >= 4 is 11.0 Å². The third-order valence-corrected chi connectivity index (χ3v) is 3.00. The fraction of sp³-hybridized carbons (Fsp3) is 0.0667. The number of hydrogen-bond acceptors (Lipinski definition) is 1. The number of fused-ring (bicyclic) bond motifs is 1. The number of halogens is 3. The molecule has 0 saturated heterocycles. The van der Waals surface area contributed by atoms with Crippen LogP contribution in [-0.4, -0.2) is 0 Å². The van der Waals surface area contributed by atoms with Gasteiger partial charge in [-0.2, -0.15) is 13.2 Å². The van der Waals surface area contributed by atoms with Gasteiger partial charge in [0.2, 0.25) is 0 Å². The molecule has 2 aromatic carbocycles. The molecule has 0 aliphatic rings. The molecule has 4 heteroatoms. The number of para-hydroxylation sites is 1. The molecule has 0 aliphatic heterocycles. The highest BCUT2D eigenvalue weighted by Crippen LogP contribution is 2.33. The zero-order valence-corrected chi connectivity index (χ0v) is 9.74. The van der Waals surface area contributed by atoms with E-state index in [-0.39, 0.29) is 0 Å². The summed E-state index contributed by atoms with van der Waals surface area (Å²) < 4.78 is 42.9. The highest BCUT2D eigenvalue weighted by molar-refractivity contribution is 5.92. The third-order valence-electron chi connectivity index (χ3n) is 3.00. The van der Waals surface area contributed by atoms with Crippen LogP contribution in [0.5, 0.6) is 0 Å². The Labute approximate surface area is 107 Å². The van der Waals surface area contributed by atoms with Crippen LogP contribution in [0.4, 0.5) is 13.2 Å². The normalized spacial score (nSPS) is 11.9. The maximum Gasteiger partial charge on any atom is 0.416 e. The van der Waals surface area contributed by atoms with Crippen molar-refractivity contribution in [3.05, 3.63) is 60.4 Å². The van der Waals surface area contributed by atoms with E-state index < -0.39 is 11.7 Å². The van der Waals surface area contributed by atoms with Crippen molar-refractivity contribution in [3.8, 4) is 11.1 Å². The van der Waals surface area contributed by atoms with E-state index in [4.69, 9.17) is 4.42 Å². The van der Waals surface area contributed by atoms with Crippen LogP contribution in [0.3, 0.4) is 0 Å². The fourth-order valence-corrected chi connectivity index (χ4v) is 2.06. The molecule has 3 rings (SSSR count). The van der Waals surface area contributed by atoms with Crippen molar-refractivity contribution < 1.29 is 17.6 Å². The third kappa shape index (κ3) is 2.10. The Morgan fingerprint density at radius 2 is 1.58 bits per heavy atom. The number of furan rings is 1. The van der Waals surface area contributed by atoms with Crippen LogP contribution in [0.1, 0.15) is 5.56 Å². The van der Waals surface area contributed by atoms with Gasteiger partial charge in [-0.1, -0.05) is 30.3 Å². The van der Waals surface area contributed by atoms with Crippen molar-refractivity contribution in [2.45, 2.75) is 6.18 Å². The van der Waals surface area contributed by atoms with Crippen molar-refractivity contribution in [2.75, 3.05) is 0 Å². The Hall–Kier alpha value is -2.23. The van der Waals surface area contributed by atoms with E-state index in [0.717, 1.165) is 23.1 Å². The van der Waals surface area contributed by atoms with Crippen LogP contribution in [0.2, 0.25) is 0 Å². The molecule has 0 bridgehead atoms. The smallest absolute Gasteiger partial charge is 0.416 e. The lowest BCUT2D eigenvalue weighted by Gasteiger charge is -2.08. The summed E-state index contributed by atoms with van der Waals surface area (Å²) >= 11 is 0. The average molecular weight is 262 g/mol. The molecule has 19 heavy (non-hydrogen) atoms. The summed E-state index contributed by atoms with van der Waals surface area (Å²) in [4.78, 5) is 0. The van der Waals surface area contributed by atoms with E-state index in [1.165, 1.54) is 12.1 Å². The molecule has 1 aromatic heterocycles. The molecule has 0 radical (unpaired) electrons. The summed E-state index contributed by atoms with van der Waals surface area (Å²) in [6.07, 6.45) is -2.74. The van der Waals surface area contributed by atoms with Crippen molar-refractivity contribution in [1.29, 1.82) is 0 Å². The van der Waals surface area contributed by atoms with Gasteiger partial charge in [-0.05, 0) is 23.8 Å². The molecule has 0 N–H and O–H groups in total. The Kier molecular flexibility index (Phi) is 2.59. The van der Waals surface area contributed by atoms with Gasteiger partial charge in [0.1, 0.15) is 5.58 Å². The molecular formula is C15H9F3O. The molecule has 0 atom stereocenters. The predicted octanol–water partition coefficient (Wildman–Crippen LogP) is 5.12. The van der Waals surface area contributed by atoms with E-state index in [0.29, 0.717) is 11.1 Å². The first-order valence-corrected chi connectivity index (χ1v) is 5.69. The molecule has 1 nitrogen and oxygen atoms in total. The summed E-state index contributed by atoms with van der Waals surface area (Å²) in [7, 11) is 0. The van der Waals surface area contributed by atoms with Gasteiger partial charge in [0.25, 0.3) is 0 Å². The van der Waals surface area contributed by atoms with Gasteiger partial charge < -0.3 is 4.42 Å². The summed E-state index contributed by atoms with van der Waals surface area (Å²) in [5, 5.41) is 0.928. The molecule has 0 spiro atoms. The Balaban J connectivity index is 2.10. The summed E-state index contributed by atoms with van der Waals surface area (Å²) in [6, 6.07) is 12.5. The first-order valence-electron chi connectivity index (χ1n) is 5.69. The van der Waals surface area contributed by atoms with Gasteiger partial charge in [-0.3, -0.25) is 0 Å². The second-order valence-electron chi connectivity index (χ2n) is 4.22. The van der Waals surface area contributed by atoms with Crippen molar-refractivity contribution in [2.24, 2.45) is 0 Å². The highest BCUT2D eigenvalue weighted by Gasteiger charge is 2.30. The minimum Gasteiger partial charge on any atom is -0.464 e. The van der Waals surface area contributed by atoms with Gasteiger partial charge >= 0.3 is 6.18 Å². The number of alkyl halides is 3. The molecule has 0 fully saturated rings. The molecule has 0 saturated carbocycles. The monoisotopic (exact) mass is 262 g/mol. The zero-order chi connectivity index (χ0) is 13.5. The van der Waals surface area contributed by atoms with Gasteiger partial charge in [0, 0.05) is 10.9 Å². The fourth-order valence-electron chi connectivity index (χ4n) is 2.06. The lowest BCUT2D eigenvalue weighted by molar-refractivity contribution is -0.137. The van der Waals surface area contributed by atoms with Crippen LogP contribution in [0, 0.1) is 0 Å². The summed E-state index contributed by atoms with van der Waals surface area (Å²) in [6.45, 7) is 0. The predicted molar refractivity (Wildman–Crippen MR) is 66.7 cm³/mol. The largest absolute Gasteiger partial charge is 0.464 e. The van der Waals surface area contributed by atoms with Gasteiger partial charge in [0.15, 0.2) is 0 Å². The molecule has 3 aromatic rings. The molecule has 0 aliphatic carbocycles. The lowest BCUT2D eigenvalue weighted by Crippen LogP contribution is -2.03. The Morgan fingerprint density at radius 3 is 2.26 bits per heavy atom. The Morgan fingerprint density at radius 1 is 0.842 bits per heavy atom. The zero-order valence-electron chi connectivity index (χ0n) is 9.74. The molecule has 0 unspecified atom stereocenters. The average Bonchev–Trinajstić information content (AvgIpc) is 2.86. The Bertz CT molecular complexity index is 708. The van der Waals surface area contributed by atoms with Crippen LogP contribution in [-0.2, 0) is 6.18 Å². The quantitative estimate of drug-likeness (QED) is 0.593. The van der Waals surface area contributed by atoms with E-state index in [2.05, 4.69) is 0 Å². The highest BCUT2D eigenvalue weighted by atomic mass is 19.4.